The van der Waals surface area contributed by atoms with Crippen LogP contribution in [-0.4, -0.2) is 8.42 Å². The van der Waals surface area contributed by atoms with Crippen molar-refractivity contribution >= 4 is 27.3 Å². The number of anilines is 1. The van der Waals surface area contributed by atoms with Crippen LogP contribution in [0.5, 0.6) is 0 Å². The molecule has 0 heterocycles. The van der Waals surface area contributed by atoms with Crippen LogP contribution in [0.4, 0.5) is 10.1 Å². The number of nitrogens with two attached hydrogens (primary N) is 1. The summed E-state index contributed by atoms with van der Waals surface area (Å²) in [5, 5.41) is 8.44. The first-order valence-corrected chi connectivity index (χ1v) is 8.03. The minimum Gasteiger partial charge on any atom is -0.378 e. The summed E-state index contributed by atoms with van der Waals surface area (Å²) in [6, 6.07) is 10.1. The molecule has 2 aromatic carbocycles. The van der Waals surface area contributed by atoms with Crippen LogP contribution in [0.25, 0.3) is 0 Å². The molecule has 0 aliphatic carbocycles. The van der Waals surface area contributed by atoms with Crippen LogP contribution in [0.1, 0.15) is 18.5 Å². The molecule has 3 N–H and O–H groups in total. The lowest BCUT2D eigenvalue weighted by molar-refractivity contribution is 0.597. The Bertz CT molecular complexity index is 745. The van der Waals surface area contributed by atoms with Gasteiger partial charge < -0.3 is 5.32 Å². The summed E-state index contributed by atoms with van der Waals surface area (Å²) in [5.41, 5.74) is 1.22. The molecule has 1 atom stereocenters. The lowest BCUT2D eigenvalue weighted by Gasteiger charge is -2.16. The van der Waals surface area contributed by atoms with Gasteiger partial charge in [-0.1, -0.05) is 23.7 Å². The molecule has 0 aromatic heterocycles. The standard InChI is InChI=1S/C14H14ClFN2O2S/c1-9(18-13-7-11(15)6-12(16)8-13)10-3-2-4-14(5-10)21(17,19)20/h2-9,18H,1H3,(H2,17,19,20). The van der Waals surface area contributed by atoms with Gasteiger partial charge in [-0.3, -0.25) is 0 Å². The number of hydrogen-bond acceptors (Lipinski definition) is 3. The zero-order valence-electron chi connectivity index (χ0n) is 11.2. The molecule has 0 bridgehead atoms. The second-order valence-electron chi connectivity index (χ2n) is 4.64. The van der Waals surface area contributed by atoms with Crippen LogP contribution in [-0.2, 0) is 10.0 Å². The van der Waals surface area contributed by atoms with Crippen LogP contribution in [0.15, 0.2) is 47.4 Å². The molecule has 21 heavy (non-hydrogen) atoms. The number of sulfonamides is 1. The molecule has 0 radical (unpaired) electrons. The van der Waals surface area contributed by atoms with Crippen molar-refractivity contribution in [2.75, 3.05) is 5.32 Å². The van der Waals surface area contributed by atoms with Crippen molar-refractivity contribution in [3.05, 3.63) is 58.9 Å². The first-order valence-electron chi connectivity index (χ1n) is 6.11. The topological polar surface area (TPSA) is 72.2 Å². The van der Waals surface area contributed by atoms with Crippen molar-refractivity contribution < 1.29 is 12.8 Å². The predicted octanol–water partition coefficient (Wildman–Crippen LogP) is 3.30. The third-order valence-electron chi connectivity index (χ3n) is 2.93. The second-order valence-corrected chi connectivity index (χ2v) is 6.64. The lowest BCUT2D eigenvalue weighted by atomic mass is 10.1. The SMILES string of the molecule is CC(Nc1cc(F)cc(Cl)c1)c1cccc(S(N)(=O)=O)c1. The van der Waals surface area contributed by atoms with Crippen LogP contribution in [0.3, 0.4) is 0 Å². The summed E-state index contributed by atoms with van der Waals surface area (Å²) >= 11 is 5.79. The molecule has 0 saturated carbocycles. The highest BCUT2D eigenvalue weighted by atomic mass is 35.5. The average molecular weight is 329 g/mol. The monoisotopic (exact) mass is 328 g/mol. The normalized spacial score (nSPS) is 13.0. The van der Waals surface area contributed by atoms with Gasteiger partial charge in [0.25, 0.3) is 0 Å². The van der Waals surface area contributed by atoms with E-state index in [1.54, 1.807) is 18.2 Å². The molecule has 2 rings (SSSR count). The molecule has 0 aliphatic rings. The summed E-state index contributed by atoms with van der Waals surface area (Å²) in [6.07, 6.45) is 0. The van der Waals surface area contributed by atoms with Crippen molar-refractivity contribution in [2.45, 2.75) is 17.9 Å². The van der Waals surface area contributed by atoms with E-state index in [9.17, 15) is 12.8 Å². The smallest absolute Gasteiger partial charge is 0.238 e. The van der Waals surface area contributed by atoms with Gasteiger partial charge in [-0.2, -0.15) is 0 Å². The molecule has 0 aliphatic heterocycles. The maximum Gasteiger partial charge on any atom is 0.238 e. The number of hydrogen-bond donors (Lipinski definition) is 2. The molecule has 1 unspecified atom stereocenters. The van der Waals surface area contributed by atoms with Crippen LogP contribution in [0, 0.1) is 5.82 Å². The first-order chi connectivity index (χ1) is 9.75. The lowest BCUT2D eigenvalue weighted by Crippen LogP contribution is -2.13. The van der Waals surface area contributed by atoms with E-state index in [1.807, 2.05) is 6.92 Å². The maximum atomic E-state index is 13.3. The zero-order chi connectivity index (χ0) is 15.6. The summed E-state index contributed by atoms with van der Waals surface area (Å²) in [4.78, 5) is 0.0333. The van der Waals surface area contributed by atoms with E-state index < -0.39 is 15.8 Å². The summed E-state index contributed by atoms with van der Waals surface area (Å²) in [6.45, 7) is 1.82. The molecule has 112 valence electrons. The number of benzene rings is 2. The minimum absolute atomic E-state index is 0.0333. The molecule has 4 nitrogen and oxygen atoms in total. The summed E-state index contributed by atoms with van der Waals surface area (Å²) < 4.78 is 36.0. The van der Waals surface area contributed by atoms with Crippen LogP contribution >= 0.6 is 11.6 Å². The third kappa shape index (κ3) is 4.17. The third-order valence-corrected chi connectivity index (χ3v) is 4.06. The molecule has 7 heteroatoms. The Morgan fingerprint density at radius 3 is 2.57 bits per heavy atom. The fraction of sp³-hybridized carbons (Fsp3) is 0.143. The number of primary sulfonamides is 1. The van der Waals surface area contributed by atoms with Crippen molar-refractivity contribution in [3.8, 4) is 0 Å². The van der Waals surface area contributed by atoms with E-state index >= 15 is 0 Å². The molecular weight excluding hydrogens is 315 g/mol. The van der Waals surface area contributed by atoms with Gasteiger partial charge >= 0.3 is 0 Å². The fourth-order valence-corrected chi connectivity index (χ4v) is 2.72. The Morgan fingerprint density at radius 2 is 1.95 bits per heavy atom. The highest BCUT2D eigenvalue weighted by Crippen LogP contribution is 2.24. The highest BCUT2D eigenvalue weighted by Gasteiger charge is 2.12. The largest absolute Gasteiger partial charge is 0.378 e. The maximum absolute atomic E-state index is 13.3. The molecular formula is C14H14ClFN2O2S. The van der Waals surface area contributed by atoms with Crippen molar-refractivity contribution in [1.29, 1.82) is 0 Å². The van der Waals surface area contributed by atoms with Crippen molar-refractivity contribution in [2.24, 2.45) is 5.14 Å². The van der Waals surface area contributed by atoms with Gasteiger partial charge in [-0.05, 0) is 42.8 Å². The number of nitrogens with one attached hydrogen (secondary N) is 1. The molecule has 0 spiro atoms. The summed E-state index contributed by atoms with van der Waals surface area (Å²) in [7, 11) is -3.75. The van der Waals surface area contributed by atoms with Gasteiger partial charge in [0.2, 0.25) is 10.0 Å². The predicted molar refractivity (Wildman–Crippen MR) is 81.3 cm³/mol. The van der Waals surface area contributed by atoms with Gasteiger partial charge in [0, 0.05) is 16.8 Å². The van der Waals surface area contributed by atoms with E-state index in [0.717, 1.165) is 0 Å². The van der Waals surface area contributed by atoms with E-state index in [0.29, 0.717) is 11.3 Å². The van der Waals surface area contributed by atoms with E-state index in [2.05, 4.69) is 5.32 Å². The Kier molecular flexibility index (Phi) is 4.51. The quantitative estimate of drug-likeness (QED) is 0.904. The zero-order valence-corrected chi connectivity index (χ0v) is 12.7. The molecule has 0 amide bonds. The van der Waals surface area contributed by atoms with E-state index in [-0.39, 0.29) is 16.0 Å². The highest BCUT2D eigenvalue weighted by molar-refractivity contribution is 7.89. The number of rotatable bonds is 4. The number of halogens is 2. The fourth-order valence-electron chi connectivity index (χ4n) is 1.93. The van der Waals surface area contributed by atoms with Gasteiger partial charge in [0.05, 0.1) is 4.90 Å². The molecule has 0 saturated heterocycles. The Labute approximate surface area is 127 Å². The van der Waals surface area contributed by atoms with E-state index in [1.165, 1.54) is 24.3 Å². The van der Waals surface area contributed by atoms with Crippen LogP contribution < -0.4 is 10.5 Å². The van der Waals surface area contributed by atoms with Gasteiger partial charge in [0.1, 0.15) is 5.82 Å². The first kappa shape index (κ1) is 15.8. The van der Waals surface area contributed by atoms with Crippen molar-refractivity contribution in [1.82, 2.24) is 0 Å². The van der Waals surface area contributed by atoms with Gasteiger partial charge in [-0.25, -0.2) is 17.9 Å². The van der Waals surface area contributed by atoms with Crippen molar-refractivity contribution in [3.63, 3.8) is 0 Å². The molecule has 2 aromatic rings. The van der Waals surface area contributed by atoms with Gasteiger partial charge in [-0.15, -0.1) is 0 Å². The Morgan fingerprint density at radius 1 is 1.24 bits per heavy atom. The molecule has 0 fully saturated rings. The van der Waals surface area contributed by atoms with Crippen LogP contribution in [0.2, 0.25) is 5.02 Å². The Balaban J connectivity index is 2.26. The summed E-state index contributed by atoms with van der Waals surface area (Å²) in [5.74, 6) is -0.449. The Hall–Kier alpha value is -1.63. The second kappa shape index (κ2) is 6.01. The minimum atomic E-state index is -3.75. The average Bonchev–Trinajstić information content (AvgIpc) is 2.36. The van der Waals surface area contributed by atoms with Gasteiger partial charge in [0.15, 0.2) is 0 Å². The van der Waals surface area contributed by atoms with E-state index in [4.69, 9.17) is 16.7 Å².